The Bertz CT molecular complexity index is 245. The predicted octanol–water partition coefficient (Wildman–Crippen LogP) is -0.426. The van der Waals surface area contributed by atoms with Crippen LogP contribution in [-0.2, 0) is 4.79 Å². The molecule has 0 saturated carbocycles. The van der Waals surface area contributed by atoms with E-state index in [2.05, 4.69) is 17.9 Å². The number of hydrogen-bond donors (Lipinski definition) is 3. The first-order chi connectivity index (χ1) is 6.50. The smallest absolute Gasteiger partial charge is 0.312 e. The summed E-state index contributed by atoms with van der Waals surface area (Å²) in [6.07, 6.45) is 0.759. The van der Waals surface area contributed by atoms with Crippen LogP contribution in [0.1, 0.15) is 13.3 Å². The van der Waals surface area contributed by atoms with E-state index in [1.54, 1.807) is 11.8 Å². The van der Waals surface area contributed by atoms with E-state index in [0.717, 1.165) is 6.42 Å². The highest BCUT2D eigenvalue weighted by molar-refractivity contribution is 7.81. The van der Waals surface area contributed by atoms with Gasteiger partial charge in [-0.2, -0.15) is 12.6 Å². The van der Waals surface area contributed by atoms with Gasteiger partial charge < -0.3 is 16.0 Å². The van der Waals surface area contributed by atoms with Gasteiger partial charge in [0.05, 0.1) is 5.25 Å². The van der Waals surface area contributed by atoms with Crippen molar-refractivity contribution in [3.05, 3.63) is 0 Å². The van der Waals surface area contributed by atoms with Crippen molar-refractivity contribution in [2.45, 2.75) is 24.6 Å². The Kier molecular flexibility index (Phi) is 3.62. The molecule has 0 aromatic rings. The molecule has 2 unspecified atom stereocenters. The Morgan fingerprint density at radius 1 is 1.64 bits per heavy atom. The van der Waals surface area contributed by atoms with Crippen LogP contribution in [-0.4, -0.2) is 41.2 Å². The fourth-order valence-electron chi connectivity index (χ4n) is 1.54. The van der Waals surface area contributed by atoms with Crippen molar-refractivity contribution in [2.75, 3.05) is 13.1 Å². The van der Waals surface area contributed by atoms with Crippen LogP contribution in [0.25, 0.3) is 0 Å². The van der Waals surface area contributed by atoms with Crippen LogP contribution >= 0.6 is 12.6 Å². The van der Waals surface area contributed by atoms with Crippen molar-refractivity contribution in [3.63, 3.8) is 0 Å². The lowest BCUT2D eigenvalue weighted by Crippen LogP contribution is -2.42. The van der Waals surface area contributed by atoms with Crippen molar-refractivity contribution >= 4 is 24.6 Å². The topological polar surface area (TPSA) is 75.4 Å². The minimum Gasteiger partial charge on any atom is -0.352 e. The van der Waals surface area contributed by atoms with Gasteiger partial charge in [-0.3, -0.25) is 4.79 Å². The van der Waals surface area contributed by atoms with Gasteiger partial charge in [-0.1, -0.05) is 0 Å². The third kappa shape index (κ3) is 2.80. The van der Waals surface area contributed by atoms with Crippen LogP contribution in [0.4, 0.5) is 4.79 Å². The highest BCUT2D eigenvalue weighted by Crippen LogP contribution is 2.12. The molecular formula is C8H15N3O2S. The largest absolute Gasteiger partial charge is 0.352 e. The molecule has 80 valence electrons. The molecule has 1 saturated heterocycles. The molecule has 0 bridgehead atoms. The molecule has 0 aliphatic carbocycles. The monoisotopic (exact) mass is 217 g/mol. The summed E-state index contributed by atoms with van der Waals surface area (Å²) in [5.74, 6) is 0.00195. The lowest BCUT2D eigenvalue weighted by Gasteiger charge is -2.18. The van der Waals surface area contributed by atoms with Gasteiger partial charge in [-0.05, 0) is 13.3 Å². The number of likely N-dealkylation sites (tertiary alicyclic amines) is 1. The molecule has 0 aromatic heterocycles. The number of carbonyl (C=O) groups is 2. The van der Waals surface area contributed by atoms with Gasteiger partial charge in [0.25, 0.3) is 0 Å². The van der Waals surface area contributed by atoms with Gasteiger partial charge in [0.15, 0.2) is 0 Å². The quantitative estimate of drug-likeness (QED) is 0.549. The molecule has 0 spiro atoms. The van der Waals surface area contributed by atoms with Crippen molar-refractivity contribution in [1.29, 1.82) is 0 Å². The van der Waals surface area contributed by atoms with E-state index >= 15 is 0 Å². The molecule has 6 heteroatoms. The van der Waals surface area contributed by atoms with Gasteiger partial charge in [0, 0.05) is 19.1 Å². The summed E-state index contributed by atoms with van der Waals surface area (Å²) < 4.78 is 0. The molecule has 5 nitrogen and oxygen atoms in total. The summed E-state index contributed by atoms with van der Waals surface area (Å²) in [5.41, 5.74) is 4.99. The molecule has 1 fully saturated rings. The third-order valence-electron chi connectivity index (χ3n) is 2.20. The van der Waals surface area contributed by atoms with Crippen LogP contribution in [0.15, 0.2) is 0 Å². The number of rotatable bonds is 2. The van der Waals surface area contributed by atoms with E-state index in [-0.39, 0.29) is 17.2 Å². The summed E-state index contributed by atoms with van der Waals surface area (Å²) in [7, 11) is 0. The second-order valence-corrected chi connectivity index (χ2v) is 4.23. The number of thiol groups is 1. The maximum atomic E-state index is 11.5. The van der Waals surface area contributed by atoms with Crippen LogP contribution < -0.4 is 11.1 Å². The molecular weight excluding hydrogens is 202 g/mol. The highest BCUT2D eigenvalue weighted by Gasteiger charge is 2.28. The Hall–Kier alpha value is -0.910. The summed E-state index contributed by atoms with van der Waals surface area (Å²) in [6, 6.07) is -0.549. The molecule has 3 amide bonds. The van der Waals surface area contributed by atoms with Gasteiger partial charge in [-0.15, -0.1) is 0 Å². The number of nitrogens with zero attached hydrogens (tertiary/aromatic N) is 1. The van der Waals surface area contributed by atoms with Gasteiger partial charge in [0.1, 0.15) is 0 Å². The van der Waals surface area contributed by atoms with Gasteiger partial charge in [0.2, 0.25) is 5.91 Å². The molecule has 1 heterocycles. The summed E-state index contributed by atoms with van der Waals surface area (Å²) >= 11 is 4.06. The number of carbonyl (C=O) groups excluding carboxylic acids is 2. The predicted molar refractivity (Wildman–Crippen MR) is 56.2 cm³/mol. The second kappa shape index (κ2) is 4.54. The SMILES string of the molecule is CC(S)C(=O)N1CCC(NC(N)=O)C1. The zero-order chi connectivity index (χ0) is 10.7. The number of hydrogen-bond acceptors (Lipinski definition) is 3. The lowest BCUT2D eigenvalue weighted by molar-refractivity contribution is -0.129. The molecule has 2 atom stereocenters. The first-order valence-corrected chi connectivity index (χ1v) is 5.05. The normalized spacial score (nSPS) is 23.3. The molecule has 0 aromatic carbocycles. The zero-order valence-electron chi connectivity index (χ0n) is 8.06. The maximum absolute atomic E-state index is 11.5. The number of primary amides is 1. The zero-order valence-corrected chi connectivity index (χ0v) is 8.96. The first kappa shape index (κ1) is 11.2. The van der Waals surface area contributed by atoms with E-state index in [4.69, 9.17) is 5.73 Å². The van der Waals surface area contributed by atoms with Crippen molar-refractivity contribution in [1.82, 2.24) is 10.2 Å². The van der Waals surface area contributed by atoms with E-state index in [1.165, 1.54) is 0 Å². The Balaban J connectivity index is 2.41. The Morgan fingerprint density at radius 3 is 2.79 bits per heavy atom. The fourth-order valence-corrected chi connectivity index (χ4v) is 1.71. The van der Waals surface area contributed by atoms with Crippen LogP contribution in [0.5, 0.6) is 0 Å². The first-order valence-electron chi connectivity index (χ1n) is 4.53. The van der Waals surface area contributed by atoms with Crippen LogP contribution in [0.2, 0.25) is 0 Å². The molecule has 0 radical (unpaired) electrons. The molecule has 1 aliphatic heterocycles. The maximum Gasteiger partial charge on any atom is 0.312 e. The van der Waals surface area contributed by atoms with Crippen molar-refractivity contribution < 1.29 is 9.59 Å². The average molecular weight is 217 g/mol. The number of nitrogens with one attached hydrogen (secondary N) is 1. The second-order valence-electron chi connectivity index (χ2n) is 3.45. The number of urea groups is 1. The molecule has 1 aliphatic rings. The molecule has 14 heavy (non-hydrogen) atoms. The van der Waals surface area contributed by atoms with Crippen molar-refractivity contribution in [3.8, 4) is 0 Å². The number of amides is 3. The van der Waals surface area contributed by atoms with E-state index < -0.39 is 6.03 Å². The van der Waals surface area contributed by atoms with E-state index in [1.807, 2.05) is 0 Å². The fraction of sp³-hybridized carbons (Fsp3) is 0.750. The molecule has 1 rings (SSSR count). The minimum atomic E-state index is -0.539. The Labute approximate surface area is 88.4 Å². The van der Waals surface area contributed by atoms with Gasteiger partial charge in [-0.25, -0.2) is 4.79 Å². The van der Waals surface area contributed by atoms with Crippen LogP contribution in [0, 0.1) is 0 Å². The summed E-state index contributed by atoms with van der Waals surface area (Å²) in [5, 5.41) is 2.30. The van der Waals surface area contributed by atoms with E-state index in [0.29, 0.717) is 13.1 Å². The standard InChI is InChI=1S/C8H15N3O2S/c1-5(14)7(12)11-3-2-6(4-11)10-8(9)13/h5-6,14H,2-4H2,1H3,(H3,9,10,13). The summed E-state index contributed by atoms with van der Waals surface area (Å²) in [6.45, 7) is 2.93. The molecule has 3 N–H and O–H groups in total. The average Bonchev–Trinajstić information content (AvgIpc) is 2.50. The van der Waals surface area contributed by atoms with E-state index in [9.17, 15) is 9.59 Å². The van der Waals surface area contributed by atoms with Crippen LogP contribution in [0.3, 0.4) is 0 Å². The minimum absolute atomic E-state index is 0.00195. The Morgan fingerprint density at radius 2 is 2.29 bits per heavy atom. The summed E-state index contributed by atoms with van der Waals surface area (Å²) in [4.78, 5) is 23.7. The lowest BCUT2D eigenvalue weighted by atomic mass is 10.3. The van der Waals surface area contributed by atoms with Crippen molar-refractivity contribution in [2.24, 2.45) is 5.73 Å². The highest BCUT2D eigenvalue weighted by atomic mass is 32.1. The third-order valence-corrected chi connectivity index (χ3v) is 2.42. The van der Waals surface area contributed by atoms with Gasteiger partial charge >= 0.3 is 6.03 Å². The number of nitrogens with two attached hydrogens (primary N) is 1.